The van der Waals surface area contributed by atoms with Crippen LogP contribution in [-0.4, -0.2) is 38.8 Å². The molecule has 104 valence electrons. The summed E-state index contributed by atoms with van der Waals surface area (Å²) in [5.41, 5.74) is 0. The van der Waals surface area contributed by atoms with Gasteiger partial charge in [-0.3, -0.25) is 10.1 Å². The van der Waals surface area contributed by atoms with Crippen LogP contribution in [0.3, 0.4) is 0 Å². The molecule has 0 radical (unpaired) electrons. The number of rotatable bonds is 6. The molecule has 1 aromatic carbocycles. The number of carbonyl (C=O) groups excluding carboxylic acids is 2. The first-order chi connectivity index (χ1) is 9.11. The van der Waals surface area contributed by atoms with Gasteiger partial charge in [0.15, 0.2) is 6.61 Å². The van der Waals surface area contributed by atoms with Gasteiger partial charge < -0.3 is 14.8 Å². The predicted molar refractivity (Wildman–Crippen MR) is 78.1 cm³/mol. The van der Waals surface area contributed by atoms with Gasteiger partial charge in [0, 0.05) is 17.2 Å². The summed E-state index contributed by atoms with van der Waals surface area (Å²) in [4.78, 5) is 22.7. The SMILES string of the molecule is COCCNC(=O)NC(=O)COc1cccc(I)c1. The Bertz CT molecular complexity index is 439. The average Bonchev–Trinajstić information content (AvgIpc) is 2.37. The maximum Gasteiger partial charge on any atom is 0.321 e. The molecular weight excluding hydrogens is 363 g/mol. The third kappa shape index (κ3) is 6.97. The number of nitrogens with one attached hydrogen (secondary N) is 2. The van der Waals surface area contributed by atoms with Gasteiger partial charge >= 0.3 is 6.03 Å². The van der Waals surface area contributed by atoms with Crippen molar-refractivity contribution in [2.45, 2.75) is 0 Å². The highest BCUT2D eigenvalue weighted by atomic mass is 127. The molecule has 2 N–H and O–H groups in total. The lowest BCUT2D eigenvalue weighted by molar-refractivity contribution is -0.122. The Morgan fingerprint density at radius 1 is 1.37 bits per heavy atom. The fourth-order valence-electron chi connectivity index (χ4n) is 1.18. The molecule has 0 atom stereocenters. The number of imide groups is 1. The van der Waals surface area contributed by atoms with E-state index in [-0.39, 0.29) is 6.61 Å². The maximum atomic E-state index is 11.4. The van der Waals surface area contributed by atoms with Gasteiger partial charge in [-0.1, -0.05) is 6.07 Å². The zero-order valence-electron chi connectivity index (χ0n) is 10.4. The number of halogens is 1. The van der Waals surface area contributed by atoms with Gasteiger partial charge in [-0.2, -0.15) is 0 Å². The summed E-state index contributed by atoms with van der Waals surface area (Å²) in [6, 6.07) is 6.72. The first-order valence-corrected chi connectivity index (χ1v) is 6.64. The molecule has 0 fully saturated rings. The molecule has 0 aliphatic heterocycles. The molecule has 0 saturated carbocycles. The zero-order chi connectivity index (χ0) is 14.1. The predicted octanol–water partition coefficient (Wildman–Crippen LogP) is 1.14. The monoisotopic (exact) mass is 378 g/mol. The summed E-state index contributed by atoms with van der Waals surface area (Å²) in [7, 11) is 1.53. The number of carbonyl (C=O) groups is 2. The molecule has 6 nitrogen and oxygen atoms in total. The van der Waals surface area contributed by atoms with Crippen molar-refractivity contribution >= 4 is 34.5 Å². The zero-order valence-corrected chi connectivity index (χ0v) is 12.6. The standard InChI is InChI=1S/C12H15IN2O4/c1-18-6-5-14-12(17)15-11(16)8-19-10-4-2-3-9(13)7-10/h2-4,7H,5-6,8H2,1H3,(H2,14,15,16,17). The lowest BCUT2D eigenvalue weighted by atomic mass is 10.3. The number of methoxy groups -OCH3 is 1. The molecule has 0 heterocycles. The number of hydrogen-bond acceptors (Lipinski definition) is 4. The van der Waals surface area contributed by atoms with Crippen LogP contribution in [0, 0.1) is 3.57 Å². The van der Waals surface area contributed by atoms with Gasteiger partial charge in [-0.05, 0) is 40.8 Å². The maximum absolute atomic E-state index is 11.4. The third-order valence-electron chi connectivity index (χ3n) is 2.01. The molecule has 0 aliphatic rings. The van der Waals surface area contributed by atoms with E-state index in [1.807, 2.05) is 12.1 Å². The highest BCUT2D eigenvalue weighted by Gasteiger charge is 2.07. The summed E-state index contributed by atoms with van der Waals surface area (Å²) in [6.07, 6.45) is 0. The van der Waals surface area contributed by atoms with E-state index in [0.29, 0.717) is 18.9 Å². The Kier molecular flexibility index (Phi) is 7.19. The molecule has 0 aromatic heterocycles. The van der Waals surface area contributed by atoms with E-state index in [0.717, 1.165) is 3.57 Å². The number of hydrogen-bond donors (Lipinski definition) is 2. The van der Waals surface area contributed by atoms with E-state index in [2.05, 4.69) is 33.2 Å². The van der Waals surface area contributed by atoms with Crippen LogP contribution < -0.4 is 15.4 Å². The van der Waals surface area contributed by atoms with Gasteiger partial charge in [0.25, 0.3) is 5.91 Å². The minimum Gasteiger partial charge on any atom is -0.484 e. The Labute approximate surface area is 125 Å². The van der Waals surface area contributed by atoms with Crippen molar-refractivity contribution in [2.24, 2.45) is 0 Å². The van der Waals surface area contributed by atoms with Gasteiger partial charge in [0.1, 0.15) is 5.75 Å². The molecule has 0 aliphatic carbocycles. The van der Waals surface area contributed by atoms with Gasteiger partial charge in [-0.25, -0.2) is 4.79 Å². The average molecular weight is 378 g/mol. The molecule has 0 spiro atoms. The molecule has 0 bridgehead atoms. The molecule has 0 saturated heterocycles. The number of urea groups is 1. The second-order valence-electron chi connectivity index (χ2n) is 3.54. The van der Waals surface area contributed by atoms with Gasteiger partial charge in [0.05, 0.1) is 6.61 Å². The first kappa shape index (κ1) is 15.7. The van der Waals surface area contributed by atoms with E-state index in [9.17, 15) is 9.59 Å². The van der Waals surface area contributed by atoms with E-state index >= 15 is 0 Å². The highest BCUT2D eigenvalue weighted by molar-refractivity contribution is 14.1. The second-order valence-corrected chi connectivity index (χ2v) is 4.79. The fourth-order valence-corrected chi connectivity index (χ4v) is 1.69. The van der Waals surface area contributed by atoms with Crippen molar-refractivity contribution in [3.8, 4) is 5.75 Å². The summed E-state index contributed by atoms with van der Waals surface area (Å²) < 4.78 is 11.0. The van der Waals surface area contributed by atoms with Crippen molar-refractivity contribution in [1.82, 2.24) is 10.6 Å². The second kappa shape index (κ2) is 8.70. The van der Waals surface area contributed by atoms with E-state index < -0.39 is 11.9 Å². The number of amides is 3. The van der Waals surface area contributed by atoms with Gasteiger partial charge in [0.2, 0.25) is 0 Å². The lowest BCUT2D eigenvalue weighted by Gasteiger charge is -2.08. The van der Waals surface area contributed by atoms with E-state index in [4.69, 9.17) is 9.47 Å². The van der Waals surface area contributed by atoms with Crippen molar-refractivity contribution in [2.75, 3.05) is 26.9 Å². The third-order valence-corrected chi connectivity index (χ3v) is 2.68. The number of ether oxygens (including phenoxy) is 2. The Morgan fingerprint density at radius 2 is 2.16 bits per heavy atom. The Balaban J connectivity index is 2.26. The molecule has 0 unspecified atom stereocenters. The largest absolute Gasteiger partial charge is 0.484 e. The molecule has 1 aromatic rings. The van der Waals surface area contributed by atoms with Crippen molar-refractivity contribution in [3.05, 3.63) is 27.8 Å². The van der Waals surface area contributed by atoms with Crippen molar-refractivity contribution in [1.29, 1.82) is 0 Å². The summed E-state index contributed by atoms with van der Waals surface area (Å²) in [6.45, 7) is 0.520. The lowest BCUT2D eigenvalue weighted by Crippen LogP contribution is -2.42. The van der Waals surface area contributed by atoms with Crippen LogP contribution in [0.2, 0.25) is 0 Å². The van der Waals surface area contributed by atoms with Crippen LogP contribution in [0.1, 0.15) is 0 Å². The van der Waals surface area contributed by atoms with Crippen LogP contribution in [0.4, 0.5) is 4.79 Å². The Morgan fingerprint density at radius 3 is 2.84 bits per heavy atom. The fraction of sp³-hybridized carbons (Fsp3) is 0.333. The summed E-state index contributed by atoms with van der Waals surface area (Å²) in [5, 5.41) is 4.62. The molecule has 19 heavy (non-hydrogen) atoms. The van der Waals surface area contributed by atoms with Gasteiger partial charge in [-0.15, -0.1) is 0 Å². The van der Waals surface area contributed by atoms with Crippen LogP contribution in [0.5, 0.6) is 5.75 Å². The molecular formula is C12H15IN2O4. The van der Waals surface area contributed by atoms with E-state index in [1.165, 1.54) is 7.11 Å². The van der Waals surface area contributed by atoms with Crippen LogP contribution >= 0.6 is 22.6 Å². The highest BCUT2D eigenvalue weighted by Crippen LogP contribution is 2.14. The minimum atomic E-state index is -0.562. The molecule has 1 rings (SSSR count). The smallest absolute Gasteiger partial charge is 0.321 e. The quantitative estimate of drug-likeness (QED) is 0.575. The Hall–Kier alpha value is -1.35. The summed E-state index contributed by atoms with van der Waals surface area (Å²) in [5.74, 6) is 0.0793. The van der Waals surface area contributed by atoms with Crippen LogP contribution in [-0.2, 0) is 9.53 Å². The van der Waals surface area contributed by atoms with Crippen molar-refractivity contribution < 1.29 is 19.1 Å². The van der Waals surface area contributed by atoms with Crippen molar-refractivity contribution in [3.63, 3.8) is 0 Å². The molecule has 7 heteroatoms. The molecule has 3 amide bonds. The summed E-state index contributed by atoms with van der Waals surface area (Å²) >= 11 is 2.14. The normalized spacial score (nSPS) is 9.79. The van der Waals surface area contributed by atoms with E-state index in [1.54, 1.807) is 12.1 Å². The number of benzene rings is 1. The minimum absolute atomic E-state index is 0.211. The first-order valence-electron chi connectivity index (χ1n) is 5.57. The van der Waals surface area contributed by atoms with Crippen LogP contribution in [0.15, 0.2) is 24.3 Å². The van der Waals surface area contributed by atoms with Crippen LogP contribution in [0.25, 0.3) is 0 Å². The topological polar surface area (TPSA) is 76.7 Å².